The lowest BCUT2D eigenvalue weighted by molar-refractivity contribution is 0.0946. The van der Waals surface area contributed by atoms with E-state index in [0.717, 1.165) is 11.3 Å². The Morgan fingerprint density at radius 3 is 2.90 bits per heavy atom. The van der Waals surface area contributed by atoms with Crippen LogP contribution in [0.15, 0.2) is 48.8 Å². The standard InChI is InChI=1S/C14H14N6O/c15-13-8-11(18-19-13)14(21)16-9-10-4-1-2-5-12(10)20-7-3-6-17-20/h1-8H,9H2,(H,16,21)(H3,15,18,19). The summed E-state index contributed by atoms with van der Waals surface area (Å²) in [5.41, 5.74) is 7.70. The van der Waals surface area contributed by atoms with Gasteiger partial charge in [-0.3, -0.25) is 9.89 Å². The van der Waals surface area contributed by atoms with E-state index in [0.29, 0.717) is 12.2 Å². The summed E-state index contributed by atoms with van der Waals surface area (Å²) in [7, 11) is 0. The molecule has 106 valence electrons. The summed E-state index contributed by atoms with van der Waals surface area (Å²) in [6, 6.07) is 11.1. The number of carbonyl (C=O) groups excluding carboxylic acids is 1. The molecule has 0 aliphatic heterocycles. The molecule has 0 unspecified atom stereocenters. The molecule has 3 aromatic rings. The molecule has 0 bridgehead atoms. The summed E-state index contributed by atoms with van der Waals surface area (Å²) < 4.78 is 1.76. The van der Waals surface area contributed by atoms with Crippen molar-refractivity contribution < 1.29 is 4.79 Å². The molecule has 7 nitrogen and oxygen atoms in total. The van der Waals surface area contributed by atoms with E-state index in [9.17, 15) is 4.79 Å². The van der Waals surface area contributed by atoms with Crippen LogP contribution >= 0.6 is 0 Å². The molecular weight excluding hydrogens is 268 g/mol. The van der Waals surface area contributed by atoms with Crippen LogP contribution in [0.5, 0.6) is 0 Å². The van der Waals surface area contributed by atoms with E-state index >= 15 is 0 Å². The predicted molar refractivity (Wildman–Crippen MR) is 77.7 cm³/mol. The lowest BCUT2D eigenvalue weighted by Crippen LogP contribution is -2.24. The summed E-state index contributed by atoms with van der Waals surface area (Å²) in [4.78, 5) is 12.0. The quantitative estimate of drug-likeness (QED) is 0.667. The van der Waals surface area contributed by atoms with E-state index in [-0.39, 0.29) is 11.7 Å². The fraction of sp³-hybridized carbons (Fsp3) is 0.0714. The van der Waals surface area contributed by atoms with Gasteiger partial charge in [0.25, 0.3) is 5.91 Å². The maximum atomic E-state index is 12.0. The summed E-state index contributed by atoms with van der Waals surface area (Å²) >= 11 is 0. The number of carbonyl (C=O) groups is 1. The second kappa shape index (κ2) is 5.49. The van der Waals surface area contributed by atoms with Gasteiger partial charge in [-0.05, 0) is 17.7 Å². The van der Waals surface area contributed by atoms with Gasteiger partial charge in [0.2, 0.25) is 0 Å². The number of rotatable bonds is 4. The van der Waals surface area contributed by atoms with Crippen LogP contribution in [0.1, 0.15) is 16.1 Å². The minimum atomic E-state index is -0.255. The Morgan fingerprint density at radius 2 is 2.19 bits per heavy atom. The van der Waals surface area contributed by atoms with Gasteiger partial charge >= 0.3 is 0 Å². The number of hydrogen-bond donors (Lipinski definition) is 3. The summed E-state index contributed by atoms with van der Waals surface area (Å²) in [6.45, 7) is 0.383. The zero-order valence-corrected chi connectivity index (χ0v) is 11.2. The average molecular weight is 282 g/mol. The molecule has 21 heavy (non-hydrogen) atoms. The van der Waals surface area contributed by atoms with Gasteiger partial charge in [-0.25, -0.2) is 4.68 Å². The number of para-hydroxylation sites is 1. The molecule has 7 heteroatoms. The van der Waals surface area contributed by atoms with E-state index in [2.05, 4.69) is 20.6 Å². The number of benzene rings is 1. The van der Waals surface area contributed by atoms with Crippen molar-refractivity contribution in [1.82, 2.24) is 25.3 Å². The zero-order valence-electron chi connectivity index (χ0n) is 11.2. The molecule has 0 atom stereocenters. The van der Waals surface area contributed by atoms with Gasteiger partial charge in [-0.2, -0.15) is 10.2 Å². The largest absolute Gasteiger partial charge is 0.382 e. The first-order chi connectivity index (χ1) is 10.2. The number of aromatic nitrogens is 4. The van der Waals surface area contributed by atoms with E-state index < -0.39 is 0 Å². The number of nitrogen functional groups attached to an aromatic ring is 1. The third-order valence-corrected chi connectivity index (χ3v) is 3.02. The Kier molecular flexibility index (Phi) is 3.38. The third-order valence-electron chi connectivity index (χ3n) is 3.02. The van der Waals surface area contributed by atoms with Crippen LogP contribution in [-0.2, 0) is 6.54 Å². The lowest BCUT2D eigenvalue weighted by atomic mass is 10.1. The van der Waals surface area contributed by atoms with Gasteiger partial charge in [-0.15, -0.1) is 0 Å². The first-order valence-corrected chi connectivity index (χ1v) is 6.41. The highest BCUT2D eigenvalue weighted by atomic mass is 16.1. The minimum Gasteiger partial charge on any atom is -0.382 e. The van der Waals surface area contributed by atoms with Gasteiger partial charge in [0.05, 0.1) is 5.69 Å². The van der Waals surface area contributed by atoms with Crippen LogP contribution in [0.3, 0.4) is 0 Å². The smallest absolute Gasteiger partial charge is 0.269 e. The van der Waals surface area contributed by atoms with Crippen molar-refractivity contribution in [2.24, 2.45) is 0 Å². The van der Waals surface area contributed by atoms with Gasteiger partial charge < -0.3 is 11.1 Å². The molecule has 1 amide bonds. The molecule has 3 rings (SSSR count). The number of nitrogens with zero attached hydrogens (tertiary/aromatic N) is 3. The topological polar surface area (TPSA) is 102 Å². The first kappa shape index (κ1) is 12.9. The van der Waals surface area contributed by atoms with Crippen LogP contribution in [-0.4, -0.2) is 25.9 Å². The second-order valence-corrected chi connectivity index (χ2v) is 4.47. The van der Waals surface area contributed by atoms with Crippen LogP contribution < -0.4 is 11.1 Å². The van der Waals surface area contributed by atoms with Crippen molar-refractivity contribution in [2.75, 3.05) is 5.73 Å². The fourth-order valence-corrected chi connectivity index (χ4v) is 2.02. The maximum Gasteiger partial charge on any atom is 0.269 e. The maximum absolute atomic E-state index is 12.0. The van der Waals surface area contributed by atoms with Crippen molar-refractivity contribution in [3.8, 4) is 5.69 Å². The molecule has 0 saturated heterocycles. The SMILES string of the molecule is Nc1cc(C(=O)NCc2ccccc2-n2cccn2)[nH]n1. The Morgan fingerprint density at radius 1 is 1.33 bits per heavy atom. The third kappa shape index (κ3) is 2.76. The molecule has 0 aliphatic carbocycles. The van der Waals surface area contributed by atoms with Crippen molar-refractivity contribution in [2.45, 2.75) is 6.54 Å². The summed E-state index contributed by atoms with van der Waals surface area (Å²) in [5, 5.41) is 13.3. The molecule has 2 aromatic heterocycles. The lowest BCUT2D eigenvalue weighted by Gasteiger charge is -2.10. The summed E-state index contributed by atoms with van der Waals surface area (Å²) in [5.74, 6) is 0.0339. The first-order valence-electron chi connectivity index (χ1n) is 6.41. The van der Waals surface area contributed by atoms with Crippen LogP contribution in [0.25, 0.3) is 5.69 Å². The van der Waals surface area contributed by atoms with E-state index in [1.54, 1.807) is 10.9 Å². The number of nitrogens with one attached hydrogen (secondary N) is 2. The number of aromatic amines is 1. The zero-order chi connectivity index (χ0) is 14.7. The molecule has 4 N–H and O–H groups in total. The molecule has 0 spiro atoms. The van der Waals surface area contributed by atoms with Crippen molar-refractivity contribution in [3.05, 3.63) is 60.0 Å². The van der Waals surface area contributed by atoms with E-state index in [4.69, 9.17) is 5.73 Å². The second-order valence-electron chi connectivity index (χ2n) is 4.47. The van der Waals surface area contributed by atoms with E-state index in [1.165, 1.54) is 6.07 Å². The number of nitrogens with two attached hydrogens (primary N) is 1. The highest BCUT2D eigenvalue weighted by Gasteiger charge is 2.10. The summed E-state index contributed by atoms with van der Waals surface area (Å²) in [6.07, 6.45) is 3.57. The molecule has 0 aliphatic rings. The Hall–Kier alpha value is -3.09. The minimum absolute atomic E-state index is 0.255. The van der Waals surface area contributed by atoms with Crippen LogP contribution in [0, 0.1) is 0 Å². The molecule has 0 radical (unpaired) electrons. The molecule has 2 heterocycles. The van der Waals surface area contributed by atoms with Gasteiger partial charge in [0.15, 0.2) is 0 Å². The van der Waals surface area contributed by atoms with Gasteiger partial charge in [0.1, 0.15) is 11.5 Å². The Bertz CT molecular complexity index is 746. The predicted octanol–water partition coefficient (Wildman–Crippen LogP) is 1.11. The normalized spacial score (nSPS) is 10.5. The van der Waals surface area contributed by atoms with Crippen molar-refractivity contribution in [1.29, 1.82) is 0 Å². The fourth-order valence-electron chi connectivity index (χ4n) is 2.02. The molecule has 0 saturated carbocycles. The monoisotopic (exact) mass is 282 g/mol. The Labute approximate surface area is 120 Å². The van der Waals surface area contributed by atoms with E-state index in [1.807, 2.05) is 36.5 Å². The average Bonchev–Trinajstić information content (AvgIpc) is 3.16. The number of H-pyrrole nitrogens is 1. The number of anilines is 1. The van der Waals surface area contributed by atoms with Gasteiger partial charge in [0, 0.05) is 25.0 Å². The van der Waals surface area contributed by atoms with Crippen molar-refractivity contribution in [3.63, 3.8) is 0 Å². The van der Waals surface area contributed by atoms with Crippen LogP contribution in [0.2, 0.25) is 0 Å². The highest BCUT2D eigenvalue weighted by molar-refractivity contribution is 5.92. The van der Waals surface area contributed by atoms with Crippen molar-refractivity contribution >= 4 is 11.7 Å². The molecule has 0 fully saturated rings. The number of amides is 1. The molecular formula is C14H14N6O. The molecule has 1 aromatic carbocycles. The number of hydrogen-bond acceptors (Lipinski definition) is 4. The highest BCUT2D eigenvalue weighted by Crippen LogP contribution is 2.13. The van der Waals surface area contributed by atoms with Gasteiger partial charge in [-0.1, -0.05) is 18.2 Å². The Balaban J connectivity index is 1.75. The van der Waals surface area contributed by atoms with Crippen LogP contribution in [0.4, 0.5) is 5.82 Å².